The van der Waals surface area contributed by atoms with E-state index < -0.39 is 4.92 Å². The molecule has 1 aromatic carbocycles. The van der Waals surface area contributed by atoms with Crippen molar-refractivity contribution in [2.45, 2.75) is 13.8 Å². The Bertz CT molecular complexity index is 581. The lowest BCUT2D eigenvalue weighted by Gasteiger charge is -2.11. The number of para-hydroxylation sites is 1. The standard InChI is InChI=1S/C13H15N3O2/c1-9(2)8-15-11-6-7-14-13-10(11)4-3-5-12(13)16(17)18/h3-7,9H,8H2,1-2H3,(H,14,15). The summed E-state index contributed by atoms with van der Waals surface area (Å²) in [5.41, 5.74) is 1.36. The number of fused-ring (bicyclic) bond motifs is 1. The van der Waals surface area contributed by atoms with Gasteiger partial charge in [-0.25, -0.2) is 4.98 Å². The van der Waals surface area contributed by atoms with Crippen LogP contribution in [0.25, 0.3) is 10.9 Å². The highest BCUT2D eigenvalue weighted by atomic mass is 16.6. The molecule has 94 valence electrons. The molecular formula is C13H15N3O2. The summed E-state index contributed by atoms with van der Waals surface area (Å²) >= 11 is 0. The molecule has 0 radical (unpaired) electrons. The highest BCUT2D eigenvalue weighted by molar-refractivity contribution is 5.96. The van der Waals surface area contributed by atoms with Crippen molar-refractivity contribution >= 4 is 22.3 Å². The van der Waals surface area contributed by atoms with E-state index in [1.807, 2.05) is 12.1 Å². The smallest absolute Gasteiger partial charge is 0.295 e. The number of benzene rings is 1. The number of pyridine rings is 1. The molecule has 5 heteroatoms. The zero-order valence-corrected chi connectivity index (χ0v) is 10.4. The van der Waals surface area contributed by atoms with Gasteiger partial charge >= 0.3 is 0 Å². The van der Waals surface area contributed by atoms with Gasteiger partial charge in [-0.3, -0.25) is 10.1 Å². The molecule has 2 aromatic rings. The number of anilines is 1. The summed E-state index contributed by atoms with van der Waals surface area (Å²) in [6.07, 6.45) is 1.60. The minimum atomic E-state index is -0.401. The van der Waals surface area contributed by atoms with Gasteiger partial charge in [0.05, 0.1) is 4.92 Å². The Balaban J connectivity index is 2.50. The van der Waals surface area contributed by atoms with Crippen LogP contribution < -0.4 is 5.32 Å². The van der Waals surface area contributed by atoms with Gasteiger partial charge in [-0.1, -0.05) is 26.0 Å². The second-order valence-electron chi connectivity index (χ2n) is 4.56. The third-order valence-electron chi connectivity index (χ3n) is 2.65. The van der Waals surface area contributed by atoms with Crippen molar-refractivity contribution in [1.29, 1.82) is 0 Å². The van der Waals surface area contributed by atoms with Gasteiger partial charge in [-0.15, -0.1) is 0 Å². The number of hydrogen-bond donors (Lipinski definition) is 1. The van der Waals surface area contributed by atoms with Crippen molar-refractivity contribution in [3.63, 3.8) is 0 Å². The van der Waals surface area contributed by atoms with E-state index in [1.54, 1.807) is 12.3 Å². The quantitative estimate of drug-likeness (QED) is 0.663. The second kappa shape index (κ2) is 5.00. The van der Waals surface area contributed by atoms with Crippen molar-refractivity contribution < 1.29 is 4.92 Å². The second-order valence-corrected chi connectivity index (χ2v) is 4.56. The SMILES string of the molecule is CC(C)CNc1ccnc2c([N+](=O)[O-])cccc12. The van der Waals surface area contributed by atoms with Crippen LogP contribution in [0.5, 0.6) is 0 Å². The summed E-state index contributed by atoms with van der Waals surface area (Å²) in [6.45, 7) is 5.04. The average Bonchev–Trinajstić information content (AvgIpc) is 2.35. The van der Waals surface area contributed by atoms with Gasteiger partial charge in [-0.05, 0) is 12.0 Å². The third-order valence-corrected chi connectivity index (χ3v) is 2.65. The van der Waals surface area contributed by atoms with Crippen molar-refractivity contribution in [3.8, 4) is 0 Å². The molecule has 1 heterocycles. The van der Waals surface area contributed by atoms with Crippen LogP contribution in [0.3, 0.4) is 0 Å². The minimum Gasteiger partial charge on any atom is -0.384 e. The Labute approximate surface area is 105 Å². The van der Waals surface area contributed by atoms with Crippen LogP contribution in [0, 0.1) is 16.0 Å². The van der Waals surface area contributed by atoms with E-state index in [2.05, 4.69) is 24.1 Å². The molecule has 0 spiro atoms. The van der Waals surface area contributed by atoms with Crippen LogP contribution >= 0.6 is 0 Å². The Morgan fingerprint density at radius 2 is 2.17 bits per heavy atom. The summed E-state index contributed by atoms with van der Waals surface area (Å²) in [6, 6.07) is 6.84. The van der Waals surface area contributed by atoms with Crippen LogP contribution in [0.15, 0.2) is 30.5 Å². The van der Waals surface area contributed by atoms with Gasteiger partial charge in [0, 0.05) is 29.9 Å². The molecular weight excluding hydrogens is 230 g/mol. The maximum Gasteiger partial charge on any atom is 0.295 e. The van der Waals surface area contributed by atoms with Gasteiger partial charge < -0.3 is 5.32 Å². The molecule has 1 aromatic heterocycles. The summed E-state index contributed by atoms with van der Waals surface area (Å²) in [7, 11) is 0. The van der Waals surface area contributed by atoms with Gasteiger partial charge in [0.1, 0.15) is 5.52 Å². The number of nitrogens with one attached hydrogen (secondary N) is 1. The number of rotatable bonds is 4. The first-order valence-electron chi connectivity index (χ1n) is 5.85. The molecule has 5 nitrogen and oxygen atoms in total. The fraction of sp³-hybridized carbons (Fsp3) is 0.308. The molecule has 0 amide bonds. The summed E-state index contributed by atoms with van der Waals surface area (Å²) in [5.74, 6) is 0.506. The largest absolute Gasteiger partial charge is 0.384 e. The molecule has 0 saturated heterocycles. The van der Waals surface area contributed by atoms with Crippen LogP contribution in [0.4, 0.5) is 11.4 Å². The number of non-ortho nitro benzene ring substituents is 1. The monoisotopic (exact) mass is 245 g/mol. The lowest BCUT2D eigenvalue weighted by molar-refractivity contribution is -0.383. The molecule has 18 heavy (non-hydrogen) atoms. The maximum atomic E-state index is 10.9. The lowest BCUT2D eigenvalue weighted by Crippen LogP contribution is -2.08. The van der Waals surface area contributed by atoms with E-state index >= 15 is 0 Å². The minimum absolute atomic E-state index is 0.0423. The van der Waals surface area contributed by atoms with E-state index in [9.17, 15) is 10.1 Å². The summed E-state index contributed by atoms with van der Waals surface area (Å²) in [4.78, 5) is 14.6. The molecule has 1 N–H and O–H groups in total. The predicted octanol–water partition coefficient (Wildman–Crippen LogP) is 3.21. The zero-order valence-electron chi connectivity index (χ0n) is 10.4. The number of nitro benzene ring substituents is 1. The normalized spacial score (nSPS) is 10.8. The van der Waals surface area contributed by atoms with Crippen LogP contribution in [0.1, 0.15) is 13.8 Å². The van der Waals surface area contributed by atoms with Crippen LogP contribution in [0.2, 0.25) is 0 Å². The Morgan fingerprint density at radius 1 is 1.39 bits per heavy atom. The topological polar surface area (TPSA) is 68.1 Å². The first kappa shape index (κ1) is 12.3. The summed E-state index contributed by atoms with van der Waals surface area (Å²) in [5, 5.41) is 15.0. The molecule has 2 rings (SSSR count). The van der Waals surface area contributed by atoms with Crippen LogP contribution in [-0.2, 0) is 0 Å². The molecule has 0 aliphatic heterocycles. The highest BCUT2D eigenvalue weighted by Crippen LogP contribution is 2.28. The number of nitro groups is 1. The van der Waals surface area contributed by atoms with Gasteiger partial charge in [0.25, 0.3) is 5.69 Å². The lowest BCUT2D eigenvalue weighted by atomic mass is 10.1. The van der Waals surface area contributed by atoms with E-state index in [4.69, 9.17) is 0 Å². The Hall–Kier alpha value is -2.17. The fourth-order valence-corrected chi connectivity index (χ4v) is 1.78. The van der Waals surface area contributed by atoms with E-state index in [0.29, 0.717) is 11.4 Å². The van der Waals surface area contributed by atoms with Crippen molar-refractivity contribution in [2.24, 2.45) is 5.92 Å². The third kappa shape index (κ3) is 2.40. The molecule has 0 aliphatic rings. The van der Waals surface area contributed by atoms with Gasteiger partial charge in [0.2, 0.25) is 0 Å². The summed E-state index contributed by atoms with van der Waals surface area (Å²) < 4.78 is 0. The molecule has 0 aliphatic carbocycles. The van der Waals surface area contributed by atoms with E-state index in [-0.39, 0.29) is 5.69 Å². The van der Waals surface area contributed by atoms with Crippen molar-refractivity contribution in [1.82, 2.24) is 4.98 Å². The van der Waals surface area contributed by atoms with Crippen LogP contribution in [-0.4, -0.2) is 16.5 Å². The molecule has 0 fully saturated rings. The van der Waals surface area contributed by atoms with Crippen molar-refractivity contribution in [2.75, 3.05) is 11.9 Å². The van der Waals surface area contributed by atoms with E-state index in [0.717, 1.165) is 17.6 Å². The first-order valence-corrected chi connectivity index (χ1v) is 5.85. The predicted molar refractivity (Wildman–Crippen MR) is 71.7 cm³/mol. The molecule has 0 unspecified atom stereocenters. The number of nitrogens with zero attached hydrogens (tertiary/aromatic N) is 2. The number of aromatic nitrogens is 1. The highest BCUT2D eigenvalue weighted by Gasteiger charge is 2.14. The van der Waals surface area contributed by atoms with Gasteiger partial charge in [-0.2, -0.15) is 0 Å². The molecule has 0 atom stereocenters. The fourth-order valence-electron chi connectivity index (χ4n) is 1.78. The van der Waals surface area contributed by atoms with E-state index in [1.165, 1.54) is 6.07 Å². The number of hydrogen-bond acceptors (Lipinski definition) is 4. The maximum absolute atomic E-state index is 10.9. The Morgan fingerprint density at radius 3 is 2.83 bits per heavy atom. The molecule has 0 saturated carbocycles. The Kier molecular flexibility index (Phi) is 3.41. The molecule has 0 bridgehead atoms. The van der Waals surface area contributed by atoms with Crippen molar-refractivity contribution in [3.05, 3.63) is 40.6 Å². The van der Waals surface area contributed by atoms with Gasteiger partial charge in [0.15, 0.2) is 0 Å². The zero-order chi connectivity index (χ0) is 13.1. The average molecular weight is 245 g/mol. The first-order chi connectivity index (χ1) is 8.59.